The standard InChI is InChI=1S/C12H13IS/c1-3-8-5-9(4-2)12-10(6-8)11(13)7-14-12/h5-7H,3-4H2,1-2H3. The van der Waals surface area contributed by atoms with E-state index in [-0.39, 0.29) is 0 Å². The summed E-state index contributed by atoms with van der Waals surface area (Å²) in [4.78, 5) is 0. The van der Waals surface area contributed by atoms with Gasteiger partial charge in [0.2, 0.25) is 0 Å². The highest BCUT2D eigenvalue weighted by Crippen LogP contribution is 2.31. The van der Waals surface area contributed by atoms with Gasteiger partial charge in [0.1, 0.15) is 0 Å². The zero-order valence-electron chi connectivity index (χ0n) is 8.43. The summed E-state index contributed by atoms with van der Waals surface area (Å²) in [7, 11) is 0. The van der Waals surface area contributed by atoms with Crippen LogP contribution in [0.4, 0.5) is 0 Å². The first kappa shape index (κ1) is 10.4. The van der Waals surface area contributed by atoms with Gasteiger partial charge in [-0.15, -0.1) is 11.3 Å². The number of aryl methyl sites for hydroxylation is 2. The first-order valence-corrected chi connectivity index (χ1v) is 6.90. The lowest BCUT2D eigenvalue weighted by Crippen LogP contribution is -1.86. The minimum atomic E-state index is 1.13. The van der Waals surface area contributed by atoms with Gasteiger partial charge in [-0.05, 0) is 52.6 Å². The molecular weight excluding hydrogens is 303 g/mol. The number of hydrogen-bond donors (Lipinski definition) is 0. The van der Waals surface area contributed by atoms with E-state index in [2.05, 4.69) is 54.0 Å². The van der Waals surface area contributed by atoms with Gasteiger partial charge in [0, 0.05) is 19.0 Å². The van der Waals surface area contributed by atoms with Gasteiger partial charge in [0.25, 0.3) is 0 Å². The Hall–Kier alpha value is -0.0900. The Balaban J connectivity index is 2.76. The van der Waals surface area contributed by atoms with Crippen molar-refractivity contribution >= 4 is 44.0 Å². The Kier molecular flexibility index (Phi) is 3.12. The van der Waals surface area contributed by atoms with E-state index in [1.807, 2.05) is 11.3 Å². The molecule has 0 spiro atoms. The Morgan fingerprint density at radius 3 is 2.64 bits per heavy atom. The summed E-state index contributed by atoms with van der Waals surface area (Å²) in [5.41, 5.74) is 2.97. The molecule has 1 heterocycles. The Bertz CT molecular complexity index is 457. The molecular formula is C12H13IS. The van der Waals surface area contributed by atoms with E-state index in [9.17, 15) is 0 Å². The number of thiophene rings is 1. The Labute approximate surface area is 102 Å². The number of rotatable bonds is 2. The largest absolute Gasteiger partial charge is 0.142 e. The second-order valence-electron chi connectivity index (χ2n) is 3.42. The van der Waals surface area contributed by atoms with Crippen molar-refractivity contribution in [2.45, 2.75) is 26.7 Å². The molecule has 2 rings (SSSR count). The van der Waals surface area contributed by atoms with Crippen LogP contribution in [0.15, 0.2) is 17.5 Å². The van der Waals surface area contributed by atoms with E-state index in [1.54, 1.807) is 0 Å². The van der Waals surface area contributed by atoms with E-state index in [1.165, 1.54) is 24.8 Å². The average molecular weight is 316 g/mol. The van der Waals surface area contributed by atoms with Crippen molar-refractivity contribution in [2.75, 3.05) is 0 Å². The molecule has 0 N–H and O–H groups in total. The van der Waals surface area contributed by atoms with Crippen molar-refractivity contribution in [1.82, 2.24) is 0 Å². The molecule has 0 saturated heterocycles. The average Bonchev–Trinajstić information content (AvgIpc) is 2.59. The van der Waals surface area contributed by atoms with Crippen LogP contribution < -0.4 is 0 Å². The lowest BCUT2D eigenvalue weighted by atomic mass is 10.0. The van der Waals surface area contributed by atoms with Gasteiger partial charge >= 0.3 is 0 Å². The lowest BCUT2D eigenvalue weighted by molar-refractivity contribution is 1.11. The molecule has 14 heavy (non-hydrogen) atoms. The van der Waals surface area contributed by atoms with Crippen LogP contribution in [0.25, 0.3) is 10.1 Å². The molecule has 0 atom stereocenters. The zero-order chi connectivity index (χ0) is 10.1. The second-order valence-corrected chi connectivity index (χ2v) is 5.46. The normalized spacial score (nSPS) is 11.1. The summed E-state index contributed by atoms with van der Waals surface area (Å²) >= 11 is 4.31. The Morgan fingerprint density at radius 1 is 1.21 bits per heavy atom. The van der Waals surface area contributed by atoms with Gasteiger partial charge in [0.05, 0.1) is 0 Å². The topological polar surface area (TPSA) is 0 Å². The molecule has 0 amide bonds. The van der Waals surface area contributed by atoms with Gasteiger partial charge in [-0.25, -0.2) is 0 Å². The van der Waals surface area contributed by atoms with Crippen molar-refractivity contribution < 1.29 is 0 Å². The lowest BCUT2D eigenvalue weighted by Gasteiger charge is -2.03. The van der Waals surface area contributed by atoms with Crippen LogP contribution in [-0.4, -0.2) is 0 Å². The molecule has 0 aliphatic rings. The third-order valence-corrected chi connectivity index (χ3v) is 4.94. The van der Waals surface area contributed by atoms with E-state index in [0.29, 0.717) is 0 Å². The minimum absolute atomic E-state index is 1.13. The fourth-order valence-electron chi connectivity index (χ4n) is 1.71. The molecule has 1 aromatic carbocycles. The summed E-state index contributed by atoms with van der Waals surface area (Å²) in [5.74, 6) is 0. The predicted octanol–water partition coefficient (Wildman–Crippen LogP) is 4.63. The van der Waals surface area contributed by atoms with E-state index in [4.69, 9.17) is 0 Å². The molecule has 0 radical (unpaired) electrons. The van der Waals surface area contributed by atoms with Crippen molar-refractivity contribution in [1.29, 1.82) is 0 Å². The SMILES string of the molecule is CCc1cc(CC)c2scc(I)c2c1. The predicted molar refractivity (Wildman–Crippen MR) is 73.3 cm³/mol. The first-order valence-electron chi connectivity index (χ1n) is 4.94. The van der Waals surface area contributed by atoms with Crippen molar-refractivity contribution in [3.8, 4) is 0 Å². The second kappa shape index (κ2) is 4.19. The van der Waals surface area contributed by atoms with Gasteiger partial charge < -0.3 is 0 Å². The van der Waals surface area contributed by atoms with E-state index in [0.717, 1.165) is 12.8 Å². The Morgan fingerprint density at radius 2 is 2.00 bits per heavy atom. The van der Waals surface area contributed by atoms with Gasteiger partial charge in [-0.1, -0.05) is 19.9 Å². The number of benzene rings is 1. The van der Waals surface area contributed by atoms with Crippen LogP contribution in [0.5, 0.6) is 0 Å². The van der Waals surface area contributed by atoms with Gasteiger partial charge in [-0.2, -0.15) is 0 Å². The third kappa shape index (κ3) is 1.70. The van der Waals surface area contributed by atoms with Crippen LogP contribution in [0, 0.1) is 3.57 Å². The summed E-state index contributed by atoms with van der Waals surface area (Å²) in [6, 6.07) is 4.70. The zero-order valence-corrected chi connectivity index (χ0v) is 11.4. The fraction of sp³-hybridized carbons (Fsp3) is 0.333. The number of halogens is 1. The van der Waals surface area contributed by atoms with Crippen molar-refractivity contribution in [3.63, 3.8) is 0 Å². The fourth-order valence-corrected chi connectivity index (χ4v) is 3.70. The quantitative estimate of drug-likeness (QED) is 0.709. The van der Waals surface area contributed by atoms with Crippen molar-refractivity contribution in [3.05, 3.63) is 32.2 Å². The van der Waals surface area contributed by atoms with Gasteiger partial charge in [-0.3, -0.25) is 0 Å². The minimum Gasteiger partial charge on any atom is -0.142 e. The van der Waals surface area contributed by atoms with Crippen LogP contribution in [-0.2, 0) is 12.8 Å². The smallest absolute Gasteiger partial charge is 0.0385 e. The molecule has 0 aliphatic heterocycles. The summed E-state index contributed by atoms with van der Waals surface area (Å²) in [6.07, 6.45) is 2.27. The van der Waals surface area contributed by atoms with Crippen LogP contribution in [0.1, 0.15) is 25.0 Å². The highest BCUT2D eigenvalue weighted by molar-refractivity contribution is 14.1. The van der Waals surface area contributed by atoms with E-state index >= 15 is 0 Å². The third-order valence-electron chi connectivity index (χ3n) is 2.55. The maximum atomic E-state index is 2.43. The van der Waals surface area contributed by atoms with Crippen LogP contribution >= 0.6 is 33.9 Å². The molecule has 1 aromatic heterocycles. The van der Waals surface area contributed by atoms with E-state index < -0.39 is 0 Å². The highest BCUT2D eigenvalue weighted by atomic mass is 127. The van der Waals surface area contributed by atoms with Crippen LogP contribution in [0.2, 0.25) is 0 Å². The molecule has 74 valence electrons. The molecule has 2 heteroatoms. The molecule has 0 aliphatic carbocycles. The molecule has 0 saturated carbocycles. The molecule has 0 nitrogen and oxygen atoms in total. The van der Waals surface area contributed by atoms with Crippen LogP contribution in [0.3, 0.4) is 0 Å². The summed E-state index contributed by atoms with van der Waals surface area (Å²) in [5, 5.41) is 3.70. The molecule has 0 bridgehead atoms. The maximum Gasteiger partial charge on any atom is 0.0385 e. The van der Waals surface area contributed by atoms with Gasteiger partial charge in [0.15, 0.2) is 0 Å². The summed E-state index contributed by atoms with van der Waals surface area (Å²) in [6.45, 7) is 4.46. The number of fused-ring (bicyclic) bond motifs is 1. The molecule has 0 unspecified atom stereocenters. The number of hydrogen-bond acceptors (Lipinski definition) is 1. The molecule has 2 aromatic rings. The monoisotopic (exact) mass is 316 g/mol. The highest BCUT2D eigenvalue weighted by Gasteiger charge is 2.06. The first-order chi connectivity index (χ1) is 6.76. The summed E-state index contributed by atoms with van der Waals surface area (Å²) < 4.78 is 2.88. The maximum absolute atomic E-state index is 2.43. The molecule has 0 fully saturated rings. The van der Waals surface area contributed by atoms with Crippen molar-refractivity contribution in [2.24, 2.45) is 0 Å².